The molecule has 122 valence electrons. The Morgan fingerprint density at radius 1 is 1.43 bits per heavy atom. The van der Waals surface area contributed by atoms with Crippen LogP contribution in [0.25, 0.3) is 10.1 Å². The highest BCUT2D eigenvalue weighted by molar-refractivity contribution is 7.20. The number of nitrogens with zero attached hydrogens (tertiary/aromatic N) is 1. The Bertz CT molecular complexity index is 787. The molecule has 0 radical (unpaired) electrons. The lowest BCUT2D eigenvalue weighted by Crippen LogP contribution is -2.55. The first kappa shape index (κ1) is 16.8. The van der Waals surface area contributed by atoms with Crippen LogP contribution in [0.3, 0.4) is 0 Å². The smallest absolute Gasteiger partial charge is 0.331 e. The number of methoxy groups -OCH3 is 1. The fourth-order valence-electron chi connectivity index (χ4n) is 2.01. The van der Waals surface area contributed by atoms with Crippen molar-refractivity contribution in [3.8, 4) is 0 Å². The minimum absolute atomic E-state index is 0.0722. The third kappa shape index (κ3) is 3.46. The number of nitrogens with one attached hydrogen (secondary N) is 1. The van der Waals surface area contributed by atoms with Crippen LogP contribution in [0.5, 0.6) is 0 Å². The number of fused-ring (bicyclic) bond motifs is 1. The van der Waals surface area contributed by atoms with Gasteiger partial charge in [-0.15, -0.1) is 11.3 Å². The Kier molecular flexibility index (Phi) is 4.62. The highest BCUT2D eigenvalue weighted by Gasteiger charge is 2.35. The number of rotatable bonds is 6. The number of hydrogen-bond donors (Lipinski definition) is 2. The first-order valence-electron chi connectivity index (χ1n) is 6.49. The van der Waals surface area contributed by atoms with E-state index < -0.39 is 22.3 Å². The van der Waals surface area contributed by atoms with Gasteiger partial charge in [-0.2, -0.15) is 0 Å². The maximum absolute atomic E-state index is 12.3. The molecule has 1 atom stereocenters. The predicted octanol–water partition coefficient (Wildman–Crippen LogP) is 2.03. The van der Waals surface area contributed by atoms with Crippen LogP contribution in [0.2, 0.25) is 0 Å². The number of non-ortho nitro benzene ring substituents is 1. The van der Waals surface area contributed by atoms with Crippen molar-refractivity contribution in [1.29, 1.82) is 0 Å². The van der Waals surface area contributed by atoms with Gasteiger partial charge in [-0.3, -0.25) is 14.9 Å². The standard InChI is InChI=1S/C14H14N2O6S/c1-14(7-22-2,13(18)19)15-12(17)11-6-8-5-9(16(20)21)3-4-10(8)23-11/h3-6H,7H2,1-2H3,(H,15,17)(H,18,19). The molecule has 1 aromatic heterocycles. The summed E-state index contributed by atoms with van der Waals surface area (Å²) >= 11 is 1.13. The molecule has 1 unspecified atom stereocenters. The first-order valence-corrected chi connectivity index (χ1v) is 7.31. The van der Waals surface area contributed by atoms with Crippen LogP contribution in [-0.2, 0) is 9.53 Å². The van der Waals surface area contributed by atoms with Gasteiger partial charge in [-0.05, 0) is 19.1 Å². The van der Waals surface area contributed by atoms with E-state index in [0.29, 0.717) is 10.1 Å². The quantitative estimate of drug-likeness (QED) is 0.614. The van der Waals surface area contributed by atoms with Crippen LogP contribution >= 0.6 is 11.3 Å². The van der Waals surface area contributed by atoms with E-state index in [2.05, 4.69) is 5.32 Å². The maximum Gasteiger partial charge on any atom is 0.331 e. The van der Waals surface area contributed by atoms with Crippen molar-refractivity contribution in [3.63, 3.8) is 0 Å². The molecule has 0 aliphatic rings. The van der Waals surface area contributed by atoms with E-state index in [4.69, 9.17) is 4.74 Å². The Labute approximate surface area is 134 Å². The predicted molar refractivity (Wildman–Crippen MR) is 83.9 cm³/mol. The van der Waals surface area contributed by atoms with Gasteiger partial charge >= 0.3 is 5.97 Å². The molecule has 1 heterocycles. The Morgan fingerprint density at radius 3 is 2.70 bits per heavy atom. The van der Waals surface area contributed by atoms with Gasteiger partial charge in [-0.1, -0.05) is 0 Å². The molecule has 2 N–H and O–H groups in total. The average Bonchev–Trinajstić information content (AvgIpc) is 2.90. The average molecular weight is 338 g/mol. The minimum atomic E-state index is -1.56. The van der Waals surface area contributed by atoms with E-state index in [-0.39, 0.29) is 17.2 Å². The number of aliphatic carboxylic acids is 1. The summed E-state index contributed by atoms with van der Waals surface area (Å²) in [5.74, 6) is -1.79. The molecule has 0 aliphatic heterocycles. The van der Waals surface area contributed by atoms with Crippen LogP contribution in [0.1, 0.15) is 16.6 Å². The number of hydrogen-bond acceptors (Lipinski definition) is 6. The molecule has 0 saturated heterocycles. The molecule has 2 rings (SSSR count). The molecule has 0 aliphatic carbocycles. The fraction of sp³-hybridized carbons (Fsp3) is 0.286. The lowest BCUT2D eigenvalue weighted by atomic mass is 10.0. The summed E-state index contributed by atoms with van der Waals surface area (Å²) in [4.78, 5) is 34.1. The van der Waals surface area contributed by atoms with Crippen molar-refractivity contribution in [3.05, 3.63) is 39.3 Å². The number of nitro groups is 1. The van der Waals surface area contributed by atoms with Crippen molar-refractivity contribution in [2.24, 2.45) is 0 Å². The maximum atomic E-state index is 12.3. The number of benzene rings is 1. The summed E-state index contributed by atoms with van der Waals surface area (Å²) in [6.07, 6.45) is 0. The number of carbonyl (C=O) groups excluding carboxylic acids is 1. The fourth-order valence-corrected chi connectivity index (χ4v) is 2.95. The first-order chi connectivity index (χ1) is 10.8. The molecular weight excluding hydrogens is 324 g/mol. The van der Waals surface area contributed by atoms with Gasteiger partial charge in [-0.25, -0.2) is 4.79 Å². The minimum Gasteiger partial charge on any atom is -0.479 e. The summed E-state index contributed by atoms with van der Waals surface area (Å²) in [6, 6.07) is 5.78. The van der Waals surface area contributed by atoms with Gasteiger partial charge in [0.15, 0.2) is 5.54 Å². The zero-order valence-corrected chi connectivity index (χ0v) is 13.2. The SMILES string of the molecule is COCC(C)(NC(=O)c1cc2cc([N+](=O)[O-])ccc2s1)C(=O)O. The highest BCUT2D eigenvalue weighted by atomic mass is 32.1. The Morgan fingerprint density at radius 2 is 2.13 bits per heavy atom. The second-order valence-corrected chi connectivity index (χ2v) is 6.20. The van der Waals surface area contributed by atoms with Crippen molar-refractivity contribution in [1.82, 2.24) is 5.32 Å². The van der Waals surface area contributed by atoms with E-state index in [1.54, 1.807) is 6.07 Å². The second kappa shape index (κ2) is 6.31. The van der Waals surface area contributed by atoms with Gasteiger partial charge in [0.25, 0.3) is 11.6 Å². The molecule has 9 heteroatoms. The molecule has 1 aromatic carbocycles. The zero-order chi connectivity index (χ0) is 17.2. The second-order valence-electron chi connectivity index (χ2n) is 5.11. The zero-order valence-electron chi connectivity index (χ0n) is 12.4. The van der Waals surface area contributed by atoms with Gasteiger partial charge in [0.05, 0.1) is 16.4 Å². The number of thiophene rings is 1. The number of amides is 1. The molecule has 2 aromatic rings. The van der Waals surface area contributed by atoms with Crippen LogP contribution in [-0.4, -0.2) is 41.2 Å². The van der Waals surface area contributed by atoms with E-state index in [0.717, 1.165) is 11.3 Å². The summed E-state index contributed by atoms with van der Waals surface area (Å²) < 4.78 is 5.54. The normalized spacial score (nSPS) is 13.5. The molecule has 0 bridgehead atoms. The van der Waals surface area contributed by atoms with E-state index in [9.17, 15) is 24.8 Å². The lowest BCUT2D eigenvalue weighted by molar-refractivity contribution is -0.384. The number of nitro benzene ring substituents is 1. The molecule has 1 amide bonds. The van der Waals surface area contributed by atoms with Crippen LogP contribution in [0, 0.1) is 10.1 Å². The molecule has 0 saturated carbocycles. The summed E-state index contributed by atoms with van der Waals surface area (Å²) in [7, 11) is 1.34. The molecule has 23 heavy (non-hydrogen) atoms. The van der Waals surface area contributed by atoms with Gasteiger partial charge < -0.3 is 15.2 Å². The van der Waals surface area contributed by atoms with Crippen LogP contribution < -0.4 is 5.32 Å². The van der Waals surface area contributed by atoms with Gasteiger partial charge in [0.1, 0.15) is 0 Å². The number of carboxylic acid groups (broad SMARTS) is 1. The van der Waals surface area contributed by atoms with E-state index in [1.165, 1.54) is 32.2 Å². The summed E-state index contributed by atoms with van der Waals surface area (Å²) in [6.45, 7) is 1.15. The Hall–Kier alpha value is -2.52. The van der Waals surface area contributed by atoms with Crippen LogP contribution in [0.15, 0.2) is 24.3 Å². The highest BCUT2D eigenvalue weighted by Crippen LogP contribution is 2.29. The number of carboxylic acids is 1. The molecule has 0 spiro atoms. The number of ether oxygens (including phenoxy) is 1. The topological polar surface area (TPSA) is 119 Å². The van der Waals surface area contributed by atoms with Crippen molar-refractivity contribution >= 4 is 39.0 Å². The molecular formula is C14H14N2O6S. The molecule has 0 fully saturated rings. The van der Waals surface area contributed by atoms with Crippen molar-refractivity contribution in [2.75, 3.05) is 13.7 Å². The lowest BCUT2D eigenvalue weighted by Gasteiger charge is -2.24. The summed E-state index contributed by atoms with van der Waals surface area (Å²) in [5, 5.41) is 23.0. The Balaban J connectivity index is 2.30. The number of carbonyl (C=O) groups is 2. The monoisotopic (exact) mass is 338 g/mol. The van der Waals surface area contributed by atoms with Crippen LogP contribution in [0.4, 0.5) is 5.69 Å². The largest absolute Gasteiger partial charge is 0.479 e. The van der Waals surface area contributed by atoms with Crippen molar-refractivity contribution < 1.29 is 24.4 Å². The third-order valence-electron chi connectivity index (χ3n) is 3.23. The van der Waals surface area contributed by atoms with E-state index >= 15 is 0 Å². The summed E-state index contributed by atoms with van der Waals surface area (Å²) in [5.41, 5.74) is -1.63. The van der Waals surface area contributed by atoms with Gasteiger partial charge in [0.2, 0.25) is 0 Å². The van der Waals surface area contributed by atoms with Gasteiger partial charge in [0, 0.05) is 29.3 Å². The van der Waals surface area contributed by atoms with E-state index in [1.807, 2.05) is 0 Å². The third-order valence-corrected chi connectivity index (χ3v) is 4.34. The molecule has 8 nitrogen and oxygen atoms in total. The van der Waals surface area contributed by atoms with Crippen molar-refractivity contribution in [2.45, 2.75) is 12.5 Å².